The molecule has 1 heterocycles. The first kappa shape index (κ1) is 21.1. The number of carbonyl (C=O) groups excluding carboxylic acids is 1. The third-order valence-corrected chi connectivity index (χ3v) is 7.72. The molecule has 0 saturated heterocycles. The van der Waals surface area contributed by atoms with Crippen LogP contribution in [0.3, 0.4) is 0 Å². The van der Waals surface area contributed by atoms with Crippen LogP contribution in [0.15, 0.2) is 71.6 Å². The zero-order valence-electron chi connectivity index (χ0n) is 15.8. The summed E-state index contributed by atoms with van der Waals surface area (Å²) in [6.07, 6.45) is 1.40. The maximum Gasteiger partial charge on any atom is 0.264 e. The monoisotopic (exact) mass is 552 g/mol. The highest BCUT2D eigenvalue weighted by Gasteiger charge is 2.29. The van der Waals surface area contributed by atoms with E-state index in [4.69, 9.17) is 11.6 Å². The summed E-state index contributed by atoms with van der Waals surface area (Å²) in [4.78, 5) is 12.9. The van der Waals surface area contributed by atoms with Gasteiger partial charge in [-0.15, -0.1) is 0 Å². The van der Waals surface area contributed by atoms with Crippen LogP contribution in [0.2, 0.25) is 5.02 Å². The molecule has 30 heavy (non-hydrogen) atoms. The number of nitrogens with zero attached hydrogens (tertiary/aromatic N) is 1. The van der Waals surface area contributed by atoms with E-state index in [0.717, 1.165) is 9.13 Å². The fourth-order valence-electron chi connectivity index (χ4n) is 3.42. The Kier molecular flexibility index (Phi) is 6.04. The Morgan fingerprint density at radius 1 is 1.00 bits per heavy atom. The van der Waals surface area contributed by atoms with Gasteiger partial charge in [0.15, 0.2) is 0 Å². The third-order valence-electron chi connectivity index (χ3n) is 4.92. The van der Waals surface area contributed by atoms with E-state index in [2.05, 4.69) is 27.9 Å². The molecular weight excluding hydrogens is 535 g/mol. The highest BCUT2D eigenvalue weighted by Crippen LogP contribution is 2.33. The molecule has 1 aliphatic rings. The van der Waals surface area contributed by atoms with Gasteiger partial charge in [0.2, 0.25) is 0 Å². The molecule has 4 rings (SSSR count). The van der Waals surface area contributed by atoms with Crippen molar-refractivity contribution in [2.24, 2.45) is 0 Å². The van der Waals surface area contributed by atoms with Crippen LogP contribution in [-0.2, 0) is 16.4 Å². The predicted octanol–water partition coefficient (Wildman–Crippen LogP) is 5.34. The van der Waals surface area contributed by atoms with E-state index in [0.29, 0.717) is 41.3 Å². The maximum atomic E-state index is 13.2. The van der Waals surface area contributed by atoms with Gasteiger partial charge in [0.05, 0.1) is 10.6 Å². The topological polar surface area (TPSA) is 66.5 Å². The number of carbonyl (C=O) groups is 1. The van der Waals surface area contributed by atoms with E-state index in [1.54, 1.807) is 30.3 Å². The van der Waals surface area contributed by atoms with Gasteiger partial charge < -0.3 is 5.32 Å². The molecule has 0 unspecified atom stereocenters. The standard InChI is InChI=1S/C22H18ClIN2O3S/c23-17-4-10-20(11-5-17)30(28,29)26-13-1-2-15-14-16(3-12-21(15)26)22(27)25-19-8-6-18(24)7-9-19/h3-12,14H,1-2,13H2,(H,25,27). The Morgan fingerprint density at radius 3 is 2.40 bits per heavy atom. The number of anilines is 2. The first-order valence-corrected chi connectivity index (χ1v) is 12.2. The van der Waals surface area contributed by atoms with E-state index in [1.165, 1.54) is 16.4 Å². The summed E-state index contributed by atoms with van der Waals surface area (Å²) in [5.41, 5.74) is 2.67. The Labute approximate surface area is 194 Å². The van der Waals surface area contributed by atoms with Crippen LogP contribution in [0.25, 0.3) is 0 Å². The fraction of sp³-hybridized carbons (Fsp3) is 0.136. The third kappa shape index (κ3) is 4.33. The van der Waals surface area contributed by atoms with Crippen molar-refractivity contribution in [1.82, 2.24) is 0 Å². The summed E-state index contributed by atoms with van der Waals surface area (Å²) in [5, 5.41) is 3.36. The van der Waals surface area contributed by atoms with Crippen LogP contribution >= 0.6 is 34.2 Å². The van der Waals surface area contributed by atoms with Crippen molar-refractivity contribution in [3.8, 4) is 0 Å². The number of sulfonamides is 1. The van der Waals surface area contributed by atoms with Crippen molar-refractivity contribution in [3.63, 3.8) is 0 Å². The molecule has 1 N–H and O–H groups in total. The lowest BCUT2D eigenvalue weighted by molar-refractivity contribution is 0.102. The molecule has 0 atom stereocenters. The number of benzene rings is 3. The van der Waals surface area contributed by atoms with Crippen molar-refractivity contribution in [1.29, 1.82) is 0 Å². The summed E-state index contributed by atoms with van der Waals surface area (Å²) >= 11 is 8.10. The van der Waals surface area contributed by atoms with E-state index in [9.17, 15) is 13.2 Å². The van der Waals surface area contributed by atoms with E-state index in [1.807, 2.05) is 24.3 Å². The molecular formula is C22H18ClIN2O3S. The lowest BCUT2D eigenvalue weighted by Gasteiger charge is -2.30. The summed E-state index contributed by atoms with van der Waals surface area (Å²) in [6, 6.07) is 18.8. The average molecular weight is 553 g/mol. The fourth-order valence-corrected chi connectivity index (χ4v) is 5.45. The molecule has 5 nitrogen and oxygen atoms in total. The van der Waals surface area contributed by atoms with Gasteiger partial charge in [0, 0.05) is 26.4 Å². The molecule has 0 aromatic heterocycles. The minimum absolute atomic E-state index is 0.195. The zero-order chi connectivity index (χ0) is 21.3. The van der Waals surface area contributed by atoms with Gasteiger partial charge in [-0.1, -0.05) is 11.6 Å². The van der Waals surface area contributed by atoms with Gasteiger partial charge in [-0.05, 0) is 108 Å². The first-order chi connectivity index (χ1) is 14.3. The molecule has 3 aromatic rings. The molecule has 0 radical (unpaired) electrons. The van der Waals surface area contributed by atoms with Crippen molar-refractivity contribution < 1.29 is 13.2 Å². The zero-order valence-corrected chi connectivity index (χ0v) is 19.5. The Hall–Kier alpha value is -2.10. The number of rotatable bonds is 4. The number of hydrogen-bond acceptors (Lipinski definition) is 3. The lowest BCUT2D eigenvalue weighted by Crippen LogP contribution is -2.35. The molecule has 3 aromatic carbocycles. The Bertz CT molecular complexity index is 1200. The van der Waals surface area contributed by atoms with Crippen LogP contribution in [-0.4, -0.2) is 20.9 Å². The van der Waals surface area contributed by atoms with Crippen LogP contribution in [0.4, 0.5) is 11.4 Å². The number of hydrogen-bond donors (Lipinski definition) is 1. The van der Waals surface area contributed by atoms with Crippen molar-refractivity contribution in [3.05, 3.63) is 86.4 Å². The second-order valence-corrected chi connectivity index (χ2v) is 10.5. The minimum Gasteiger partial charge on any atom is -0.322 e. The number of fused-ring (bicyclic) bond motifs is 1. The maximum absolute atomic E-state index is 13.2. The lowest BCUT2D eigenvalue weighted by atomic mass is 10.0. The molecule has 0 bridgehead atoms. The normalized spacial score (nSPS) is 13.6. The van der Waals surface area contributed by atoms with Gasteiger partial charge in [-0.25, -0.2) is 8.42 Å². The molecule has 0 saturated carbocycles. The van der Waals surface area contributed by atoms with Crippen LogP contribution in [0, 0.1) is 3.57 Å². The first-order valence-electron chi connectivity index (χ1n) is 9.33. The summed E-state index contributed by atoms with van der Waals surface area (Å²) < 4.78 is 28.8. The number of nitrogens with one attached hydrogen (secondary N) is 1. The average Bonchev–Trinajstić information content (AvgIpc) is 2.74. The molecule has 0 fully saturated rings. The van der Waals surface area contributed by atoms with Gasteiger partial charge in [0.25, 0.3) is 15.9 Å². The molecule has 1 aliphatic heterocycles. The summed E-state index contributed by atoms with van der Waals surface area (Å²) in [5.74, 6) is -0.225. The van der Waals surface area contributed by atoms with Gasteiger partial charge in [0.1, 0.15) is 0 Å². The molecule has 154 valence electrons. The number of halogens is 2. The molecule has 8 heteroatoms. The van der Waals surface area contributed by atoms with Crippen LogP contribution in [0.1, 0.15) is 22.3 Å². The van der Waals surface area contributed by atoms with Gasteiger partial charge in [-0.3, -0.25) is 9.10 Å². The van der Waals surface area contributed by atoms with E-state index in [-0.39, 0.29) is 10.8 Å². The molecule has 0 spiro atoms. The minimum atomic E-state index is -3.70. The summed E-state index contributed by atoms with van der Waals surface area (Å²) in [6.45, 7) is 0.395. The van der Waals surface area contributed by atoms with Crippen LogP contribution in [0.5, 0.6) is 0 Å². The van der Waals surface area contributed by atoms with Crippen molar-refractivity contribution in [2.75, 3.05) is 16.2 Å². The van der Waals surface area contributed by atoms with Gasteiger partial charge in [-0.2, -0.15) is 0 Å². The molecule has 0 aliphatic carbocycles. The Balaban J connectivity index is 1.61. The van der Waals surface area contributed by atoms with E-state index < -0.39 is 10.0 Å². The predicted molar refractivity (Wildman–Crippen MR) is 128 cm³/mol. The second-order valence-electron chi connectivity index (χ2n) is 6.94. The number of amides is 1. The smallest absolute Gasteiger partial charge is 0.264 e. The Morgan fingerprint density at radius 2 is 1.70 bits per heavy atom. The van der Waals surface area contributed by atoms with Crippen LogP contribution < -0.4 is 9.62 Å². The highest BCUT2D eigenvalue weighted by atomic mass is 127. The number of aryl methyl sites for hydroxylation is 1. The SMILES string of the molecule is O=C(Nc1ccc(I)cc1)c1ccc2c(c1)CCCN2S(=O)(=O)c1ccc(Cl)cc1. The van der Waals surface area contributed by atoms with E-state index >= 15 is 0 Å². The quantitative estimate of drug-likeness (QED) is 0.445. The summed E-state index contributed by atoms with van der Waals surface area (Å²) in [7, 11) is -3.70. The van der Waals surface area contributed by atoms with Gasteiger partial charge >= 0.3 is 0 Å². The van der Waals surface area contributed by atoms with Crippen molar-refractivity contribution in [2.45, 2.75) is 17.7 Å². The largest absolute Gasteiger partial charge is 0.322 e. The van der Waals surface area contributed by atoms with Crippen molar-refractivity contribution >= 4 is 61.5 Å². The highest BCUT2D eigenvalue weighted by molar-refractivity contribution is 14.1. The molecule has 1 amide bonds. The second kappa shape index (κ2) is 8.56.